The first-order valence-electron chi connectivity index (χ1n) is 23.0. The van der Waals surface area contributed by atoms with Gasteiger partial charge in [0.1, 0.15) is 29.5 Å². The zero-order valence-electron chi connectivity index (χ0n) is 38.5. The van der Waals surface area contributed by atoms with Crippen LogP contribution in [0.15, 0.2) is 54.7 Å². The number of hydrogen-bond donors (Lipinski definition) is 3. The van der Waals surface area contributed by atoms with Crippen molar-refractivity contribution in [2.45, 2.75) is 135 Å². The van der Waals surface area contributed by atoms with Gasteiger partial charge in [-0.2, -0.15) is 0 Å². The first-order valence-corrected chi connectivity index (χ1v) is 23.0. The molecule has 8 bridgehead atoms. The van der Waals surface area contributed by atoms with Crippen LogP contribution in [0.5, 0.6) is 5.75 Å². The van der Waals surface area contributed by atoms with Crippen LogP contribution < -0.4 is 10.7 Å². The van der Waals surface area contributed by atoms with Crippen LogP contribution >= 0.6 is 0 Å². The highest BCUT2D eigenvalue weighted by molar-refractivity contribution is 5.96. The number of methoxy groups -OCH3 is 1. The van der Waals surface area contributed by atoms with Crippen molar-refractivity contribution in [1.29, 1.82) is 0 Å². The number of esters is 1. The van der Waals surface area contributed by atoms with Crippen LogP contribution in [-0.4, -0.2) is 105 Å². The largest absolute Gasteiger partial charge is 0.508 e. The van der Waals surface area contributed by atoms with Gasteiger partial charge in [0.15, 0.2) is 0 Å². The molecule has 14 nitrogen and oxygen atoms in total. The first kappa shape index (κ1) is 45.3. The number of cyclic esters (lactones) is 1. The monoisotopic (exact) mass is 876 g/mol. The zero-order chi connectivity index (χ0) is 45.7. The molecule has 2 aromatic heterocycles. The van der Waals surface area contributed by atoms with E-state index in [2.05, 4.69) is 54.3 Å². The third-order valence-corrected chi connectivity index (χ3v) is 13.8. The highest BCUT2D eigenvalue weighted by atomic mass is 16.5. The number of hydrazine groups is 1. The van der Waals surface area contributed by atoms with Gasteiger partial charge in [-0.25, -0.2) is 5.43 Å². The number of likely N-dealkylation sites (N-methyl/N-ethyl adjacent to an activating group) is 1. The van der Waals surface area contributed by atoms with Crippen LogP contribution in [0, 0.1) is 11.3 Å². The second-order valence-electron chi connectivity index (χ2n) is 19.4. The van der Waals surface area contributed by atoms with Gasteiger partial charge in [-0.05, 0) is 123 Å². The van der Waals surface area contributed by atoms with Crippen molar-refractivity contribution in [3.8, 4) is 28.1 Å². The quantitative estimate of drug-likeness (QED) is 0.155. The molecule has 0 saturated carbocycles. The molecule has 0 aliphatic carbocycles. The number of pyridine rings is 1. The lowest BCUT2D eigenvalue weighted by atomic mass is 9.84. The Bertz CT molecular complexity index is 2440. The maximum atomic E-state index is 14.7. The van der Waals surface area contributed by atoms with Crippen molar-refractivity contribution in [1.82, 2.24) is 30.2 Å². The molecule has 4 aliphatic heterocycles. The van der Waals surface area contributed by atoms with E-state index in [-0.39, 0.29) is 42.8 Å². The van der Waals surface area contributed by atoms with E-state index in [0.717, 1.165) is 57.4 Å². The van der Waals surface area contributed by atoms with E-state index in [0.29, 0.717) is 50.8 Å². The fraction of sp³-hybridized carbons (Fsp3) is 0.540. The Morgan fingerprint density at radius 3 is 2.52 bits per heavy atom. The topological polar surface area (TPSA) is 165 Å². The van der Waals surface area contributed by atoms with Crippen molar-refractivity contribution < 1.29 is 38.5 Å². The second-order valence-corrected chi connectivity index (χ2v) is 19.4. The Kier molecular flexibility index (Phi) is 12.7. The molecular formula is C50H64N6O8. The number of fused-ring (bicyclic) bond motifs is 8. The summed E-state index contributed by atoms with van der Waals surface area (Å²) in [4.78, 5) is 63.5. The predicted molar refractivity (Wildman–Crippen MR) is 243 cm³/mol. The molecule has 8 rings (SSSR count). The summed E-state index contributed by atoms with van der Waals surface area (Å²) in [7, 11) is 3.32. The van der Waals surface area contributed by atoms with Crippen LogP contribution in [0.2, 0.25) is 0 Å². The summed E-state index contributed by atoms with van der Waals surface area (Å²) in [6.07, 6.45) is 6.02. The Morgan fingerprint density at radius 2 is 1.83 bits per heavy atom. The number of carbonyl (C=O) groups is 4. The number of phenolic OH excluding ortho intramolecular Hbond substituents is 1. The molecule has 4 atom stereocenters. The maximum absolute atomic E-state index is 14.7. The van der Waals surface area contributed by atoms with Crippen LogP contribution in [0.4, 0.5) is 0 Å². The third-order valence-electron chi connectivity index (χ3n) is 13.8. The summed E-state index contributed by atoms with van der Waals surface area (Å²) >= 11 is 0. The normalized spacial score (nSPS) is 24.3. The fourth-order valence-electron chi connectivity index (χ4n) is 10.6. The summed E-state index contributed by atoms with van der Waals surface area (Å²) in [5.74, 6) is -1.88. The van der Waals surface area contributed by atoms with Gasteiger partial charge in [0, 0.05) is 61.7 Å². The summed E-state index contributed by atoms with van der Waals surface area (Å²) in [6, 6.07) is 12.8. The van der Waals surface area contributed by atoms with Crippen LogP contribution in [0.1, 0.15) is 103 Å². The number of amides is 3. The van der Waals surface area contributed by atoms with E-state index in [4.69, 9.17) is 19.2 Å². The van der Waals surface area contributed by atoms with Gasteiger partial charge in [0.25, 0.3) is 11.8 Å². The Morgan fingerprint density at radius 1 is 1.06 bits per heavy atom. The predicted octanol–water partition coefficient (Wildman–Crippen LogP) is 6.65. The van der Waals surface area contributed by atoms with Gasteiger partial charge in [0.2, 0.25) is 5.91 Å². The minimum atomic E-state index is -1.12. The van der Waals surface area contributed by atoms with Crippen molar-refractivity contribution in [3.63, 3.8) is 0 Å². The number of aromatic hydroxyl groups is 1. The summed E-state index contributed by atoms with van der Waals surface area (Å²) in [5, 5.41) is 16.8. The molecule has 3 amide bonds. The number of aromatic nitrogens is 2. The third kappa shape index (κ3) is 8.64. The number of ether oxygens (including phenoxy) is 3. The Balaban J connectivity index is 1.22. The van der Waals surface area contributed by atoms with E-state index < -0.39 is 46.9 Å². The molecule has 6 heterocycles. The maximum Gasteiger partial charge on any atom is 0.324 e. The highest BCUT2D eigenvalue weighted by Gasteiger charge is 2.54. The molecule has 0 spiro atoms. The lowest BCUT2D eigenvalue weighted by molar-refractivity contribution is -0.157. The number of phenols is 1. The standard InChI is InChI=1S/C50H64N6O8/c1-9-55-41-15-14-32-26-37(41)38(44(55)36-12-10-20-51-42(36)30(4)62-8)27-49(5,6)28-63-47(60)39-13-11-21-56(53-39)46(59)40(24-31-22-33(32)25-34(57)23-31)52-45(58)43(29(2)3)54(7)48(61)50-18-16-35(64-50)17-19-50/h10,12,14-15,20,22-23,25-26,29-30,35,39-40,43,53,57H,9,11,13,16-19,21,24,27-28H2,1-8H3,(H,52,58)/t30-,35?,39-,40-,43-,50?/m0/s1. The first-order chi connectivity index (χ1) is 30.5. The van der Waals surface area contributed by atoms with Crippen LogP contribution in [-0.2, 0) is 52.8 Å². The lowest BCUT2D eigenvalue weighted by Crippen LogP contribution is -2.62. The van der Waals surface area contributed by atoms with E-state index in [1.54, 1.807) is 32.5 Å². The molecule has 64 heavy (non-hydrogen) atoms. The number of hydrogen-bond acceptors (Lipinski definition) is 10. The van der Waals surface area contributed by atoms with Gasteiger partial charge >= 0.3 is 5.97 Å². The van der Waals surface area contributed by atoms with Crippen molar-refractivity contribution in [3.05, 3.63) is 71.5 Å². The second kappa shape index (κ2) is 17.9. The lowest BCUT2D eigenvalue weighted by Gasteiger charge is -2.38. The highest BCUT2D eigenvalue weighted by Crippen LogP contribution is 2.45. The molecule has 2 aromatic carbocycles. The zero-order valence-corrected chi connectivity index (χ0v) is 38.5. The van der Waals surface area contributed by atoms with Crippen molar-refractivity contribution in [2.24, 2.45) is 11.3 Å². The average molecular weight is 877 g/mol. The Labute approximate surface area is 376 Å². The fourth-order valence-corrected chi connectivity index (χ4v) is 10.6. The molecule has 14 heteroatoms. The van der Waals surface area contributed by atoms with Gasteiger partial charge in [-0.3, -0.25) is 29.2 Å². The van der Waals surface area contributed by atoms with Crippen molar-refractivity contribution >= 4 is 34.6 Å². The molecule has 3 fully saturated rings. The van der Waals surface area contributed by atoms with Gasteiger partial charge in [-0.1, -0.05) is 39.8 Å². The van der Waals surface area contributed by atoms with Crippen LogP contribution in [0.3, 0.4) is 0 Å². The minimum Gasteiger partial charge on any atom is -0.508 e. The minimum absolute atomic E-state index is 0.0104. The summed E-state index contributed by atoms with van der Waals surface area (Å²) < 4.78 is 20.4. The number of nitrogens with one attached hydrogen (secondary N) is 2. The molecule has 4 aliphatic rings. The number of carbonyl (C=O) groups excluding carboxylic acids is 4. The smallest absolute Gasteiger partial charge is 0.324 e. The molecular weight excluding hydrogens is 813 g/mol. The molecule has 4 aromatic rings. The molecule has 342 valence electrons. The number of aryl methyl sites for hydroxylation is 1. The molecule has 3 N–H and O–H groups in total. The average Bonchev–Trinajstić information content (AvgIpc) is 3.99. The Hall–Kier alpha value is -5.31. The van der Waals surface area contributed by atoms with Gasteiger partial charge < -0.3 is 34.1 Å². The van der Waals surface area contributed by atoms with Crippen LogP contribution in [0.25, 0.3) is 33.3 Å². The summed E-state index contributed by atoms with van der Waals surface area (Å²) in [5.41, 5.74) is 8.78. The van der Waals surface area contributed by atoms with Gasteiger partial charge in [-0.15, -0.1) is 0 Å². The van der Waals surface area contributed by atoms with E-state index in [1.807, 2.05) is 39.0 Å². The van der Waals surface area contributed by atoms with E-state index in [1.165, 1.54) is 9.91 Å². The molecule has 0 unspecified atom stereocenters. The number of benzene rings is 2. The number of rotatable bonds is 9. The van der Waals surface area contributed by atoms with Gasteiger partial charge in [0.05, 0.1) is 30.2 Å². The summed E-state index contributed by atoms with van der Waals surface area (Å²) in [6.45, 7) is 13.1. The van der Waals surface area contributed by atoms with E-state index >= 15 is 0 Å². The van der Waals surface area contributed by atoms with E-state index in [9.17, 15) is 24.3 Å². The molecule has 3 saturated heterocycles. The van der Waals surface area contributed by atoms with Crippen molar-refractivity contribution in [2.75, 3.05) is 27.3 Å². The number of nitrogens with zero attached hydrogens (tertiary/aromatic N) is 4. The SMILES string of the molecule is CCn1c(-c2cccnc2[C@H](C)OC)c2c3cc(ccc31)-c1cc(O)cc(c1)C[C@H](NC(=O)[C@H](C(C)C)N(C)C(=O)C13CCC(CC1)O3)C(=O)N1CCC[C@H](N1)C(=O)OCC(C)(C)C2. The molecule has 0 radical (unpaired) electrons.